The number of carbonyl (C=O) groups excluding carboxylic acids is 1. The Bertz CT molecular complexity index is 640. The molecule has 0 unspecified atom stereocenters. The topological polar surface area (TPSA) is 88.1 Å². The molecule has 1 aromatic rings. The molecule has 0 radical (unpaired) electrons. The first-order valence-electron chi connectivity index (χ1n) is 7.44. The van der Waals surface area contributed by atoms with Crippen molar-refractivity contribution < 1.29 is 32.2 Å². The van der Waals surface area contributed by atoms with Crippen LogP contribution in [0.25, 0.3) is 0 Å². The van der Waals surface area contributed by atoms with Crippen LogP contribution in [0.1, 0.15) is 23.7 Å². The Morgan fingerprint density at radius 2 is 1.83 bits per heavy atom. The summed E-state index contributed by atoms with van der Waals surface area (Å²) in [6, 6.07) is 4.72. The summed E-state index contributed by atoms with van der Waals surface area (Å²) in [5.74, 6) is 0.380. The lowest BCUT2D eigenvalue weighted by Gasteiger charge is -2.16. The van der Waals surface area contributed by atoms with Gasteiger partial charge in [0, 0.05) is 19.4 Å². The fourth-order valence-electron chi connectivity index (χ4n) is 1.97. The van der Waals surface area contributed by atoms with Gasteiger partial charge in [-0.3, -0.25) is 0 Å². The fourth-order valence-corrected chi connectivity index (χ4v) is 2.61. The van der Waals surface area contributed by atoms with E-state index in [-0.39, 0.29) is 24.0 Å². The molecule has 0 N–H and O–H groups in total. The number of benzene rings is 1. The number of esters is 1. The molecular weight excluding hydrogens is 336 g/mol. The van der Waals surface area contributed by atoms with Gasteiger partial charge in [-0.2, -0.15) is 0 Å². The lowest BCUT2D eigenvalue weighted by molar-refractivity contribution is 0.0598. The van der Waals surface area contributed by atoms with E-state index in [0.717, 1.165) is 0 Å². The van der Waals surface area contributed by atoms with Crippen molar-refractivity contribution in [1.82, 2.24) is 0 Å². The zero-order valence-corrected chi connectivity index (χ0v) is 15.2. The van der Waals surface area contributed by atoms with Crippen LogP contribution < -0.4 is 9.47 Å². The van der Waals surface area contributed by atoms with Gasteiger partial charge in [-0.05, 0) is 25.5 Å². The minimum absolute atomic E-state index is 0.0396. The molecule has 1 rings (SSSR count). The van der Waals surface area contributed by atoms with Gasteiger partial charge in [0.05, 0.1) is 31.6 Å². The zero-order valence-electron chi connectivity index (χ0n) is 14.4. The van der Waals surface area contributed by atoms with Crippen LogP contribution in [0.5, 0.6) is 11.5 Å². The van der Waals surface area contributed by atoms with E-state index in [1.54, 1.807) is 19.2 Å². The summed E-state index contributed by atoms with van der Waals surface area (Å²) in [4.78, 5) is 11.8. The van der Waals surface area contributed by atoms with Crippen LogP contribution >= 0.6 is 0 Å². The first-order chi connectivity index (χ1) is 11.2. The van der Waals surface area contributed by atoms with Gasteiger partial charge in [0.15, 0.2) is 0 Å². The SMILES string of the molecule is COC[C@H](C)Oc1cc(OCCCS(C)(=O)=O)cc(C(=O)OC)c1. The standard InChI is InChI=1S/C16H24O7S/c1-12(11-20-2)23-15-9-13(16(17)21-3)8-14(10-15)22-6-5-7-24(4,18)19/h8-10,12H,5-7,11H2,1-4H3/t12-/m0/s1. The van der Waals surface area contributed by atoms with Gasteiger partial charge in [-0.25, -0.2) is 13.2 Å². The lowest BCUT2D eigenvalue weighted by atomic mass is 10.2. The highest BCUT2D eigenvalue weighted by molar-refractivity contribution is 7.90. The van der Waals surface area contributed by atoms with Gasteiger partial charge in [0.2, 0.25) is 0 Å². The molecule has 0 bridgehead atoms. The molecule has 0 saturated carbocycles. The average Bonchev–Trinajstić information content (AvgIpc) is 2.50. The normalized spacial score (nSPS) is 12.5. The maximum absolute atomic E-state index is 11.8. The molecule has 0 amide bonds. The summed E-state index contributed by atoms with van der Waals surface area (Å²) in [7, 11) is -0.169. The van der Waals surface area contributed by atoms with Gasteiger partial charge < -0.3 is 18.9 Å². The molecule has 0 aliphatic rings. The Kier molecular flexibility index (Phi) is 8.00. The molecule has 1 atom stereocenters. The molecule has 0 aliphatic heterocycles. The van der Waals surface area contributed by atoms with Crippen molar-refractivity contribution in [3.8, 4) is 11.5 Å². The quantitative estimate of drug-likeness (QED) is 0.463. The van der Waals surface area contributed by atoms with Crippen molar-refractivity contribution in [2.75, 3.05) is 39.4 Å². The van der Waals surface area contributed by atoms with Gasteiger partial charge >= 0.3 is 5.97 Å². The van der Waals surface area contributed by atoms with E-state index in [1.165, 1.54) is 19.4 Å². The molecule has 24 heavy (non-hydrogen) atoms. The molecule has 1 aromatic carbocycles. The first kappa shape index (κ1) is 20.2. The van der Waals surface area contributed by atoms with Crippen LogP contribution in [-0.2, 0) is 19.3 Å². The second-order valence-corrected chi connectivity index (χ2v) is 7.66. The van der Waals surface area contributed by atoms with Crippen molar-refractivity contribution in [2.45, 2.75) is 19.4 Å². The summed E-state index contributed by atoms with van der Waals surface area (Å²) in [6.45, 7) is 2.44. The Labute approximate surface area is 142 Å². The van der Waals surface area contributed by atoms with Crippen LogP contribution in [0.3, 0.4) is 0 Å². The zero-order chi connectivity index (χ0) is 18.2. The number of hydrogen-bond acceptors (Lipinski definition) is 7. The molecule has 0 heterocycles. The Balaban J connectivity index is 2.83. The second-order valence-electron chi connectivity index (χ2n) is 5.40. The highest BCUT2D eigenvalue weighted by Gasteiger charge is 2.13. The summed E-state index contributed by atoms with van der Waals surface area (Å²) in [5, 5.41) is 0. The maximum atomic E-state index is 11.8. The third kappa shape index (κ3) is 7.65. The number of methoxy groups -OCH3 is 2. The lowest BCUT2D eigenvalue weighted by Crippen LogP contribution is -2.18. The molecule has 8 heteroatoms. The van der Waals surface area contributed by atoms with Crippen molar-refractivity contribution >= 4 is 15.8 Å². The third-order valence-corrected chi connectivity index (χ3v) is 4.00. The smallest absolute Gasteiger partial charge is 0.338 e. The summed E-state index contributed by atoms with van der Waals surface area (Å²) in [5.41, 5.74) is 0.290. The molecule has 7 nitrogen and oxygen atoms in total. The molecule has 0 spiro atoms. The van der Waals surface area contributed by atoms with E-state index in [0.29, 0.717) is 24.5 Å². The minimum atomic E-state index is -3.03. The monoisotopic (exact) mass is 360 g/mol. The fraction of sp³-hybridized carbons (Fsp3) is 0.562. The predicted octanol–water partition coefficient (Wildman–Crippen LogP) is 1.70. The molecule has 0 saturated heterocycles. The number of sulfone groups is 1. The Morgan fingerprint density at radius 1 is 1.17 bits per heavy atom. The Hall–Kier alpha value is -1.80. The van der Waals surface area contributed by atoms with E-state index < -0.39 is 15.8 Å². The van der Waals surface area contributed by atoms with Crippen LogP contribution in [0.15, 0.2) is 18.2 Å². The van der Waals surface area contributed by atoms with Crippen LogP contribution in [0.4, 0.5) is 0 Å². The van der Waals surface area contributed by atoms with E-state index in [9.17, 15) is 13.2 Å². The van der Waals surface area contributed by atoms with Crippen molar-refractivity contribution in [3.05, 3.63) is 23.8 Å². The summed E-state index contributed by atoms with van der Waals surface area (Å²) < 4.78 is 43.2. The number of carbonyl (C=O) groups is 1. The van der Waals surface area contributed by atoms with Crippen molar-refractivity contribution in [3.63, 3.8) is 0 Å². The number of hydrogen-bond donors (Lipinski definition) is 0. The van der Waals surface area contributed by atoms with Crippen molar-refractivity contribution in [2.24, 2.45) is 0 Å². The highest BCUT2D eigenvalue weighted by atomic mass is 32.2. The van der Waals surface area contributed by atoms with Gasteiger partial charge in [0.25, 0.3) is 0 Å². The molecule has 0 fully saturated rings. The predicted molar refractivity (Wildman–Crippen MR) is 89.6 cm³/mol. The van der Waals surface area contributed by atoms with Crippen LogP contribution in [0.2, 0.25) is 0 Å². The molecular formula is C16H24O7S. The van der Waals surface area contributed by atoms with Gasteiger partial charge in [-0.1, -0.05) is 0 Å². The van der Waals surface area contributed by atoms with Crippen LogP contribution in [0, 0.1) is 0 Å². The maximum Gasteiger partial charge on any atom is 0.338 e. The number of ether oxygens (including phenoxy) is 4. The van der Waals surface area contributed by atoms with E-state index in [2.05, 4.69) is 0 Å². The molecule has 136 valence electrons. The summed E-state index contributed by atoms with van der Waals surface area (Å²) in [6.07, 6.45) is 1.33. The molecule has 0 aromatic heterocycles. The Morgan fingerprint density at radius 3 is 2.42 bits per heavy atom. The van der Waals surface area contributed by atoms with Gasteiger partial charge in [0.1, 0.15) is 27.4 Å². The summed E-state index contributed by atoms with van der Waals surface area (Å²) >= 11 is 0. The van der Waals surface area contributed by atoms with Gasteiger partial charge in [-0.15, -0.1) is 0 Å². The third-order valence-electron chi connectivity index (χ3n) is 2.97. The largest absolute Gasteiger partial charge is 0.493 e. The average molecular weight is 360 g/mol. The van der Waals surface area contributed by atoms with E-state index in [1.807, 2.05) is 6.92 Å². The first-order valence-corrected chi connectivity index (χ1v) is 9.50. The molecule has 0 aliphatic carbocycles. The second kappa shape index (κ2) is 9.48. The number of rotatable bonds is 10. The highest BCUT2D eigenvalue weighted by Crippen LogP contribution is 2.24. The van der Waals surface area contributed by atoms with Crippen molar-refractivity contribution in [1.29, 1.82) is 0 Å². The minimum Gasteiger partial charge on any atom is -0.493 e. The van der Waals surface area contributed by atoms with E-state index >= 15 is 0 Å². The van der Waals surface area contributed by atoms with Crippen LogP contribution in [-0.4, -0.2) is 59.9 Å². The van der Waals surface area contributed by atoms with E-state index in [4.69, 9.17) is 18.9 Å².